The molecular formula is C35H43ClN2O2. The summed E-state index contributed by atoms with van der Waals surface area (Å²) in [6.45, 7) is 13.9. The molecule has 1 heterocycles. The fourth-order valence-corrected chi connectivity index (χ4v) is 6.26. The zero-order valence-corrected chi connectivity index (χ0v) is 26.0. The Labute approximate surface area is 245 Å². The van der Waals surface area contributed by atoms with E-state index in [-0.39, 0.29) is 5.41 Å². The summed E-state index contributed by atoms with van der Waals surface area (Å²) in [6.07, 6.45) is 11.3. The van der Waals surface area contributed by atoms with Gasteiger partial charge in [0.1, 0.15) is 11.5 Å². The van der Waals surface area contributed by atoms with Gasteiger partial charge in [-0.15, -0.1) is 0 Å². The number of methoxy groups -OCH3 is 2. The van der Waals surface area contributed by atoms with Gasteiger partial charge in [-0.3, -0.25) is 0 Å². The van der Waals surface area contributed by atoms with Gasteiger partial charge < -0.3 is 19.8 Å². The number of halogens is 1. The molecule has 1 aliphatic heterocycles. The lowest BCUT2D eigenvalue weighted by Gasteiger charge is -2.27. The molecule has 0 saturated heterocycles. The molecule has 0 aromatic heterocycles. The van der Waals surface area contributed by atoms with Crippen LogP contribution >= 0.6 is 11.6 Å². The largest absolute Gasteiger partial charge is 0.497 e. The number of nitrogens with zero attached hydrogens (tertiary/aromatic N) is 1. The first-order chi connectivity index (χ1) is 18.9. The van der Waals surface area contributed by atoms with E-state index in [9.17, 15) is 0 Å². The van der Waals surface area contributed by atoms with Gasteiger partial charge in [0.2, 0.25) is 0 Å². The third-order valence-electron chi connectivity index (χ3n) is 8.56. The maximum atomic E-state index is 8.93. The van der Waals surface area contributed by atoms with E-state index in [0.29, 0.717) is 5.71 Å². The van der Waals surface area contributed by atoms with Crippen LogP contribution in [0.25, 0.3) is 0 Å². The lowest BCUT2D eigenvalue weighted by Crippen LogP contribution is -2.28. The number of likely N-dealkylation sites (N-methyl/N-ethyl adjacent to an activating group) is 1. The predicted octanol–water partition coefficient (Wildman–Crippen LogP) is 9.17. The Morgan fingerprint density at radius 1 is 1.05 bits per heavy atom. The van der Waals surface area contributed by atoms with Crippen molar-refractivity contribution < 1.29 is 9.47 Å². The minimum Gasteiger partial charge on any atom is -0.497 e. The van der Waals surface area contributed by atoms with Crippen molar-refractivity contribution in [1.82, 2.24) is 0 Å². The molecule has 2 aromatic carbocycles. The standard InChI is InChI=1S/C35H43ClN2O2/c1-9-38-30-18-17-27(40-8)22-29(30)35(5,6)32(38)20-15-25-12-10-11-24(33(25)36)14-19-31(37)34(3,4)28-21-26(39-7)16-13-23(28)2/h13-22,37H,9-12H2,1-8H3/b19-14+,25-15+,32-20+,37-31?. The van der Waals surface area contributed by atoms with Crippen LogP contribution < -0.4 is 14.4 Å². The lowest BCUT2D eigenvalue weighted by molar-refractivity contribution is 0.413. The number of aryl methyl sites for hydroxylation is 1. The molecule has 2 aliphatic rings. The Balaban J connectivity index is 1.62. The molecular weight excluding hydrogens is 516 g/mol. The zero-order valence-electron chi connectivity index (χ0n) is 25.2. The quantitative estimate of drug-likeness (QED) is 0.328. The summed E-state index contributed by atoms with van der Waals surface area (Å²) in [6, 6.07) is 12.4. The highest BCUT2D eigenvalue weighted by Crippen LogP contribution is 2.49. The Morgan fingerprint density at radius 3 is 2.40 bits per heavy atom. The molecule has 0 saturated carbocycles. The summed E-state index contributed by atoms with van der Waals surface area (Å²) in [5, 5.41) is 9.74. The first kappa shape index (κ1) is 29.7. The van der Waals surface area contributed by atoms with Crippen molar-refractivity contribution in [2.75, 3.05) is 25.7 Å². The minimum atomic E-state index is -0.463. The highest BCUT2D eigenvalue weighted by atomic mass is 35.5. The Kier molecular flexibility index (Phi) is 8.70. The average Bonchev–Trinajstić information content (AvgIpc) is 3.16. The third-order valence-corrected chi connectivity index (χ3v) is 9.04. The normalized spacial score (nSPS) is 19.1. The van der Waals surface area contributed by atoms with Crippen LogP contribution in [-0.2, 0) is 10.8 Å². The van der Waals surface area contributed by atoms with E-state index >= 15 is 0 Å². The summed E-state index contributed by atoms with van der Waals surface area (Å²) in [5.74, 6) is 1.69. The molecule has 2 aromatic rings. The fraction of sp³-hybridized carbons (Fsp3) is 0.400. The minimum absolute atomic E-state index is 0.149. The van der Waals surface area contributed by atoms with Gasteiger partial charge in [-0.25, -0.2) is 0 Å². The molecule has 0 radical (unpaired) electrons. The van der Waals surface area contributed by atoms with Crippen LogP contribution in [0.5, 0.6) is 11.5 Å². The number of hydrogen-bond donors (Lipinski definition) is 1. The number of rotatable bonds is 8. The summed E-state index contributed by atoms with van der Waals surface area (Å²) >= 11 is 7.00. The van der Waals surface area contributed by atoms with Crippen LogP contribution in [0.4, 0.5) is 5.69 Å². The highest BCUT2D eigenvalue weighted by Gasteiger charge is 2.39. The van der Waals surface area contributed by atoms with Crippen LogP contribution in [-0.4, -0.2) is 26.5 Å². The molecule has 4 rings (SSSR count). The van der Waals surface area contributed by atoms with Crippen molar-refractivity contribution in [3.8, 4) is 11.5 Å². The number of allylic oxidation sites excluding steroid dienone is 8. The van der Waals surface area contributed by atoms with E-state index in [1.807, 2.05) is 30.4 Å². The fourth-order valence-electron chi connectivity index (χ4n) is 5.95. The summed E-state index contributed by atoms with van der Waals surface area (Å²) < 4.78 is 11.0. The van der Waals surface area contributed by atoms with Crippen molar-refractivity contribution in [2.45, 2.75) is 71.6 Å². The molecule has 5 heteroatoms. The van der Waals surface area contributed by atoms with Crippen molar-refractivity contribution in [3.05, 3.63) is 99.3 Å². The smallest absolute Gasteiger partial charge is 0.119 e. The second-order valence-corrected chi connectivity index (χ2v) is 12.1. The van der Waals surface area contributed by atoms with Gasteiger partial charge in [0.15, 0.2) is 0 Å². The van der Waals surface area contributed by atoms with Gasteiger partial charge in [0, 0.05) is 39.5 Å². The molecule has 212 valence electrons. The van der Waals surface area contributed by atoms with Gasteiger partial charge in [-0.05, 0) is 103 Å². The SMILES string of the molecule is CCN1/C(=C/C=C2\CCCC(/C=C/C(=N)C(C)(C)c3cc(OC)ccc3C)=C2Cl)C(C)(C)c2cc(OC)ccc21. The Morgan fingerprint density at radius 2 is 1.73 bits per heavy atom. The molecule has 1 aliphatic carbocycles. The van der Waals surface area contributed by atoms with Gasteiger partial charge in [0.25, 0.3) is 0 Å². The molecule has 0 unspecified atom stereocenters. The molecule has 0 fully saturated rings. The molecule has 0 atom stereocenters. The van der Waals surface area contributed by atoms with Crippen molar-refractivity contribution >= 4 is 23.0 Å². The predicted molar refractivity (Wildman–Crippen MR) is 170 cm³/mol. The molecule has 4 nitrogen and oxygen atoms in total. The molecule has 1 N–H and O–H groups in total. The highest BCUT2D eigenvalue weighted by molar-refractivity contribution is 6.32. The molecule has 0 spiro atoms. The topological polar surface area (TPSA) is 45.6 Å². The van der Waals surface area contributed by atoms with Crippen LogP contribution in [0.1, 0.15) is 70.6 Å². The van der Waals surface area contributed by atoms with Crippen molar-refractivity contribution in [1.29, 1.82) is 5.41 Å². The maximum absolute atomic E-state index is 8.93. The molecule has 0 bridgehead atoms. The Hall–Kier alpha value is -3.24. The summed E-state index contributed by atoms with van der Waals surface area (Å²) in [7, 11) is 3.39. The number of hydrogen-bond acceptors (Lipinski definition) is 4. The van der Waals surface area contributed by atoms with Gasteiger partial charge in [0.05, 0.1) is 14.2 Å². The van der Waals surface area contributed by atoms with Gasteiger partial charge in [-0.2, -0.15) is 0 Å². The first-order valence-electron chi connectivity index (χ1n) is 14.1. The van der Waals surface area contributed by atoms with Crippen LogP contribution in [0.15, 0.2) is 82.6 Å². The van der Waals surface area contributed by atoms with E-state index < -0.39 is 5.41 Å². The van der Waals surface area contributed by atoms with Crippen LogP contribution in [0.3, 0.4) is 0 Å². The number of ether oxygens (including phenoxy) is 2. The number of nitrogens with one attached hydrogen (secondary N) is 1. The lowest BCUT2D eigenvalue weighted by atomic mass is 9.77. The summed E-state index contributed by atoms with van der Waals surface area (Å²) in [5.41, 5.74) is 8.18. The van der Waals surface area contributed by atoms with Gasteiger partial charge in [-0.1, -0.05) is 57.5 Å². The Bertz CT molecular complexity index is 1420. The number of fused-ring (bicyclic) bond motifs is 1. The maximum Gasteiger partial charge on any atom is 0.119 e. The van der Waals surface area contributed by atoms with E-state index in [1.54, 1.807) is 14.2 Å². The number of benzene rings is 2. The molecule has 0 amide bonds. The monoisotopic (exact) mass is 558 g/mol. The van der Waals surface area contributed by atoms with E-state index in [4.69, 9.17) is 26.5 Å². The van der Waals surface area contributed by atoms with Crippen LogP contribution in [0, 0.1) is 12.3 Å². The van der Waals surface area contributed by atoms with Crippen LogP contribution in [0.2, 0.25) is 0 Å². The third kappa shape index (κ3) is 5.51. The average molecular weight is 559 g/mol. The second-order valence-electron chi connectivity index (χ2n) is 11.7. The zero-order chi connectivity index (χ0) is 29.2. The van der Waals surface area contributed by atoms with E-state index in [2.05, 4.69) is 76.8 Å². The van der Waals surface area contributed by atoms with Crippen molar-refractivity contribution in [2.24, 2.45) is 0 Å². The van der Waals surface area contributed by atoms with E-state index in [0.717, 1.165) is 64.6 Å². The van der Waals surface area contributed by atoms with Gasteiger partial charge >= 0.3 is 0 Å². The second kappa shape index (κ2) is 11.7. The first-order valence-corrected chi connectivity index (χ1v) is 14.5. The molecule has 40 heavy (non-hydrogen) atoms. The number of anilines is 1. The van der Waals surface area contributed by atoms with Crippen molar-refractivity contribution in [3.63, 3.8) is 0 Å². The summed E-state index contributed by atoms with van der Waals surface area (Å²) in [4.78, 5) is 2.39. The van der Waals surface area contributed by atoms with E-state index in [1.165, 1.54) is 16.9 Å².